The van der Waals surface area contributed by atoms with Crippen molar-refractivity contribution in [3.63, 3.8) is 0 Å². The summed E-state index contributed by atoms with van der Waals surface area (Å²) in [6.07, 6.45) is 14.2. The minimum absolute atomic E-state index is 0.0253. The van der Waals surface area contributed by atoms with Gasteiger partial charge in [-0.3, -0.25) is 4.79 Å². The molecule has 2 aliphatic rings. The van der Waals surface area contributed by atoms with Crippen molar-refractivity contribution in [1.29, 1.82) is 0 Å². The summed E-state index contributed by atoms with van der Waals surface area (Å²) >= 11 is 0. The van der Waals surface area contributed by atoms with E-state index in [1.165, 1.54) is 68.9 Å². The summed E-state index contributed by atoms with van der Waals surface area (Å²) in [7, 11) is 0. The topological polar surface area (TPSA) is 35.5 Å². The quantitative estimate of drug-likeness (QED) is 0.328. The van der Waals surface area contributed by atoms with Crippen LogP contribution in [0.15, 0.2) is 18.2 Å². The highest BCUT2D eigenvalue weighted by Crippen LogP contribution is 2.45. The van der Waals surface area contributed by atoms with Crippen LogP contribution in [0, 0.1) is 11.8 Å². The third-order valence-electron chi connectivity index (χ3n) is 6.96. The van der Waals surface area contributed by atoms with Gasteiger partial charge in [0.2, 0.25) is 6.79 Å². The first-order valence-electron chi connectivity index (χ1n) is 11.6. The minimum Gasteiger partial charge on any atom is -0.457 e. The first-order valence-corrected chi connectivity index (χ1v) is 11.6. The van der Waals surface area contributed by atoms with Crippen molar-refractivity contribution in [3.8, 4) is 5.75 Å². The largest absolute Gasteiger partial charge is 0.457 e. The number of hydrogen-bond acceptors (Lipinski definition) is 3. The van der Waals surface area contributed by atoms with Crippen molar-refractivity contribution < 1.29 is 14.3 Å². The van der Waals surface area contributed by atoms with Gasteiger partial charge in [0.25, 0.3) is 0 Å². The van der Waals surface area contributed by atoms with Crippen molar-refractivity contribution in [2.24, 2.45) is 11.8 Å². The van der Waals surface area contributed by atoms with Gasteiger partial charge in [-0.05, 0) is 73.1 Å². The molecule has 28 heavy (non-hydrogen) atoms. The summed E-state index contributed by atoms with van der Waals surface area (Å²) in [6, 6.07) is 6.47. The van der Waals surface area contributed by atoms with Gasteiger partial charge in [0.1, 0.15) is 5.75 Å². The predicted octanol–water partition coefficient (Wildman–Crippen LogP) is 6.78. The number of carbonyl (C=O) groups is 1. The molecule has 3 unspecified atom stereocenters. The SMILES string of the molecule is CCCCC(CC)CCC(=O)OCOc1ccc2c(c1)C1CCCCC1CC2. The first-order chi connectivity index (χ1) is 13.7. The number of ether oxygens (including phenoxy) is 2. The highest BCUT2D eigenvalue weighted by atomic mass is 16.7. The molecule has 0 aromatic heterocycles. The lowest BCUT2D eigenvalue weighted by atomic mass is 9.68. The minimum atomic E-state index is -0.139. The summed E-state index contributed by atoms with van der Waals surface area (Å²) in [5.41, 5.74) is 2.98. The average molecular weight is 387 g/mol. The maximum atomic E-state index is 12.0. The fourth-order valence-corrected chi connectivity index (χ4v) is 5.14. The van der Waals surface area contributed by atoms with Gasteiger partial charge in [-0.25, -0.2) is 0 Å². The van der Waals surface area contributed by atoms with Crippen LogP contribution in [0.5, 0.6) is 5.75 Å². The van der Waals surface area contributed by atoms with E-state index in [1.807, 2.05) is 6.07 Å². The number of rotatable bonds is 10. The number of hydrogen-bond donors (Lipinski definition) is 0. The third-order valence-corrected chi connectivity index (χ3v) is 6.96. The van der Waals surface area contributed by atoms with Crippen LogP contribution < -0.4 is 4.74 Å². The summed E-state index contributed by atoms with van der Waals surface area (Å²) in [5, 5.41) is 0. The Morgan fingerprint density at radius 2 is 2.00 bits per heavy atom. The zero-order chi connectivity index (χ0) is 19.8. The van der Waals surface area contributed by atoms with E-state index < -0.39 is 0 Å². The molecule has 0 saturated heterocycles. The van der Waals surface area contributed by atoms with Crippen LogP contribution in [0.4, 0.5) is 0 Å². The molecule has 0 spiro atoms. The second-order valence-electron chi connectivity index (χ2n) is 8.78. The molecule has 0 heterocycles. The summed E-state index contributed by atoms with van der Waals surface area (Å²) in [5.74, 6) is 2.90. The van der Waals surface area contributed by atoms with Crippen LogP contribution in [0.25, 0.3) is 0 Å². The van der Waals surface area contributed by atoms with Crippen molar-refractivity contribution in [2.75, 3.05) is 6.79 Å². The molecule has 1 fully saturated rings. The molecule has 0 N–H and O–H groups in total. The molecule has 2 aliphatic carbocycles. The molecule has 0 aliphatic heterocycles. The van der Waals surface area contributed by atoms with Gasteiger partial charge in [0.15, 0.2) is 0 Å². The normalized spacial score (nSPS) is 22.1. The van der Waals surface area contributed by atoms with E-state index >= 15 is 0 Å². The molecule has 3 heteroatoms. The number of unbranched alkanes of at least 4 members (excludes halogenated alkanes) is 1. The highest BCUT2D eigenvalue weighted by Gasteiger charge is 2.31. The Bertz CT molecular complexity index is 624. The molecule has 0 bridgehead atoms. The standard InChI is InChI=1S/C25H38O3/c1-3-5-8-19(4-2)11-16-25(26)28-18-27-22-15-14-21-13-12-20-9-6-7-10-23(20)24(21)17-22/h14-15,17,19-20,23H,3-13,16,18H2,1-2H3. The maximum absolute atomic E-state index is 12.0. The number of fused-ring (bicyclic) bond motifs is 3. The zero-order valence-electron chi connectivity index (χ0n) is 17.9. The Balaban J connectivity index is 1.44. The van der Waals surface area contributed by atoms with Crippen LogP contribution in [0.3, 0.4) is 0 Å². The Hall–Kier alpha value is -1.51. The van der Waals surface area contributed by atoms with Crippen LogP contribution >= 0.6 is 0 Å². The lowest BCUT2D eigenvalue weighted by molar-refractivity contribution is -0.150. The van der Waals surface area contributed by atoms with Crippen LogP contribution in [-0.2, 0) is 16.0 Å². The molecule has 3 atom stereocenters. The molecule has 0 amide bonds. The van der Waals surface area contributed by atoms with E-state index in [1.54, 1.807) is 0 Å². The predicted molar refractivity (Wildman–Crippen MR) is 114 cm³/mol. The van der Waals surface area contributed by atoms with Gasteiger partial charge in [-0.2, -0.15) is 0 Å². The number of aryl methyl sites for hydroxylation is 1. The Labute approximate surface area is 171 Å². The Morgan fingerprint density at radius 3 is 2.82 bits per heavy atom. The number of carbonyl (C=O) groups excluding carboxylic acids is 1. The molecule has 156 valence electrons. The lowest BCUT2D eigenvalue weighted by Crippen LogP contribution is -2.24. The molecule has 3 rings (SSSR count). The second kappa shape index (κ2) is 10.9. The van der Waals surface area contributed by atoms with E-state index in [2.05, 4.69) is 26.0 Å². The van der Waals surface area contributed by atoms with Gasteiger partial charge in [0, 0.05) is 6.42 Å². The molecular formula is C25H38O3. The zero-order valence-corrected chi connectivity index (χ0v) is 17.9. The molecular weight excluding hydrogens is 348 g/mol. The highest BCUT2D eigenvalue weighted by molar-refractivity contribution is 5.69. The van der Waals surface area contributed by atoms with Crippen molar-refractivity contribution in [3.05, 3.63) is 29.3 Å². The van der Waals surface area contributed by atoms with E-state index in [4.69, 9.17) is 9.47 Å². The van der Waals surface area contributed by atoms with Crippen molar-refractivity contribution in [1.82, 2.24) is 0 Å². The monoisotopic (exact) mass is 386 g/mol. The van der Waals surface area contributed by atoms with Gasteiger partial charge in [-0.1, -0.05) is 58.4 Å². The van der Waals surface area contributed by atoms with Crippen LogP contribution in [0.2, 0.25) is 0 Å². The molecule has 0 radical (unpaired) electrons. The summed E-state index contributed by atoms with van der Waals surface area (Å²) < 4.78 is 11.1. The van der Waals surface area contributed by atoms with E-state index in [-0.39, 0.29) is 12.8 Å². The van der Waals surface area contributed by atoms with Crippen molar-refractivity contribution in [2.45, 2.75) is 96.8 Å². The number of esters is 1. The van der Waals surface area contributed by atoms with E-state index in [0.717, 1.165) is 24.5 Å². The van der Waals surface area contributed by atoms with Gasteiger partial charge in [-0.15, -0.1) is 0 Å². The molecule has 3 nitrogen and oxygen atoms in total. The average Bonchev–Trinajstić information content (AvgIpc) is 2.73. The van der Waals surface area contributed by atoms with Gasteiger partial charge < -0.3 is 9.47 Å². The fourth-order valence-electron chi connectivity index (χ4n) is 5.14. The summed E-state index contributed by atoms with van der Waals surface area (Å²) in [6.45, 7) is 4.45. The molecule has 1 aromatic carbocycles. The Kier molecular flexibility index (Phi) is 8.24. The van der Waals surface area contributed by atoms with Gasteiger partial charge >= 0.3 is 5.97 Å². The molecule has 1 saturated carbocycles. The molecule has 1 aromatic rings. The summed E-state index contributed by atoms with van der Waals surface area (Å²) in [4.78, 5) is 12.0. The van der Waals surface area contributed by atoms with E-state index in [9.17, 15) is 4.79 Å². The van der Waals surface area contributed by atoms with Crippen molar-refractivity contribution >= 4 is 5.97 Å². The lowest BCUT2D eigenvalue weighted by Gasteiger charge is -2.37. The van der Waals surface area contributed by atoms with Gasteiger partial charge in [0.05, 0.1) is 0 Å². The first kappa shape index (κ1) is 21.2. The number of benzene rings is 1. The van der Waals surface area contributed by atoms with Crippen LogP contribution in [-0.4, -0.2) is 12.8 Å². The smallest absolute Gasteiger partial charge is 0.308 e. The maximum Gasteiger partial charge on any atom is 0.308 e. The fraction of sp³-hybridized carbons (Fsp3) is 0.720. The Morgan fingerprint density at radius 1 is 1.14 bits per heavy atom. The van der Waals surface area contributed by atoms with Crippen LogP contribution in [0.1, 0.15) is 102 Å². The second-order valence-corrected chi connectivity index (χ2v) is 8.78. The van der Waals surface area contributed by atoms with E-state index in [0.29, 0.717) is 18.3 Å². The third kappa shape index (κ3) is 5.75.